The molecule has 0 fully saturated rings. The van der Waals surface area contributed by atoms with Gasteiger partial charge < -0.3 is 10.4 Å². The third kappa shape index (κ3) is 3.57. The molecular formula is C18H21NO4S2. The number of nitrogens with one attached hydrogen (secondary N) is 1. The summed E-state index contributed by atoms with van der Waals surface area (Å²) < 4.78 is 24.0. The molecule has 7 heteroatoms. The molecule has 0 spiro atoms. The molecule has 2 N–H and O–H groups in total. The Kier molecular flexibility index (Phi) is 4.88. The van der Waals surface area contributed by atoms with Gasteiger partial charge in [0.2, 0.25) is 0 Å². The molecule has 0 saturated carbocycles. The van der Waals surface area contributed by atoms with Crippen LogP contribution in [0.25, 0.3) is 0 Å². The van der Waals surface area contributed by atoms with Crippen molar-refractivity contribution in [1.82, 2.24) is 0 Å². The summed E-state index contributed by atoms with van der Waals surface area (Å²) in [6, 6.07) is 3.95. The molecule has 1 heterocycles. The molecule has 1 unspecified atom stereocenters. The topological polar surface area (TPSA) is 83.5 Å². The smallest absolute Gasteiger partial charge is 0.256 e. The minimum atomic E-state index is -3.41. The van der Waals surface area contributed by atoms with Crippen LogP contribution in [0.1, 0.15) is 41.1 Å². The molecule has 1 amide bonds. The molecule has 3 rings (SSSR count). The number of phenolic OH excluding ortho intramolecular Hbond substituents is 1. The number of benzene rings is 1. The molecule has 25 heavy (non-hydrogen) atoms. The van der Waals surface area contributed by atoms with Gasteiger partial charge in [0.25, 0.3) is 5.91 Å². The summed E-state index contributed by atoms with van der Waals surface area (Å²) in [5.74, 6) is 0.123. The first-order valence-electron chi connectivity index (χ1n) is 8.28. The summed E-state index contributed by atoms with van der Waals surface area (Å²) in [5.41, 5.74) is 1.82. The Morgan fingerprint density at radius 3 is 2.88 bits per heavy atom. The maximum absolute atomic E-state index is 12.6. The van der Waals surface area contributed by atoms with Crippen molar-refractivity contribution in [3.8, 4) is 5.75 Å². The summed E-state index contributed by atoms with van der Waals surface area (Å²) in [5, 5.41) is 14.5. The van der Waals surface area contributed by atoms with Crippen LogP contribution in [0.3, 0.4) is 0 Å². The summed E-state index contributed by atoms with van der Waals surface area (Å²) in [6.45, 7) is 3.76. The van der Waals surface area contributed by atoms with E-state index in [1.807, 2.05) is 5.38 Å². The average molecular weight is 380 g/mol. The number of hydrogen-bond acceptors (Lipinski definition) is 5. The summed E-state index contributed by atoms with van der Waals surface area (Å²) in [4.78, 5) is 14.0. The number of rotatable bonds is 4. The van der Waals surface area contributed by atoms with Crippen molar-refractivity contribution < 1.29 is 18.3 Å². The molecule has 1 aliphatic carbocycles. The molecule has 0 aliphatic heterocycles. The van der Waals surface area contributed by atoms with E-state index < -0.39 is 9.84 Å². The van der Waals surface area contributed by atoms with Crippen molar-refractivity contribution in [1.29, 1.82) is 0 Å². The largest absolute Gasteiger partial charge is 0.506 e. The van der Waals surface area contributed by atoms with Crippen LogP contribution < -0.4 is 5.32 Å². The van der Waals surface area contributed by atoms with Gasteiger partial charge in [-0.2, -0.15) is 0 Å². The first-order valence-corrected chi connectivity index (χ1v) is 10.8. The molecule has 1 atom stereocenters. The lowest BCUT2D eigenvalue weighted by Gasteiger charge is -2.19. The van der Waals surface area contributed by atoms with Crippen molar-refractivity contribution >= 4 is 32.8 Å². The molecular weight excluding hydrogens is 358 g/mol. The average Bonchev–Trinajstić information content (AvgIpc) is 2.99. The van der Waals surface area contributed by atoms with Crippen LogP contribution in [-0.4, -0.2) is 25.2 Å². The predicted molar refractivity (Wildman–Crippen MR) is 99.3 cm³/mol. The molecule has 0 bridgehead atoms. The normalized spacial score (nSPS) is 17.1. The van der Waals surface area contributed by atoms with Gasteiger partial charge in [-0.25, -0.2) is 8.42 Å². The Bertz CT molecular complexity index is 915. The molecule has 0 saturated heterocycles. The standard InChI is InChI=1S/C18H21NO4S2/c1-3-25(22,23)12-5-7-16(20)15(9-12)19-18(21)14-10-24-17-8-11(2)4-6-13(14)17/h5,7,9-11,20H,3-4,6,8H2,1-2H3,(H,19,21). The maximum Gasteiger partial charge on any atom is 0.256 e. The molecule has 2 aromatic rings. The number of anilines is 1. The summed E-state index contributed by atoms with van der Waals surface area (Å²) in [7, 11) is -3.41. The zero-order chi connectivity index (χ0) is 18.2. The summed E-state index contributed by atoms with van der Waals surface area (Å²) in [6.07, 6.45) is 2.92. The van der Waals surface area contributed by atoms with Gasteiger partial charge in [0.05, 0.1) is 21.9 Å². The molecule has 134 valence electrons. The highest BCUT2D eigenvalue weighted by Gasteiger charge is 2.24. The minimum Gasteiger partial charge on any atom is -0.506 e. The van der Waals surface area contributed by atoms with Gasteiger partial charge in [0.1, 0.15) is 5.75 Å². The van der Waals surface area contributed by atoms with Gasteiger partial charge in [-0.1, -0.05) is 13.8 Å². The van der Waals surface area contributed by atoms with Crippen molar-refractivity contribution in [2.45, 2.75) is 38.0 Å². The molecule has 1 aromatic carbocycles. The number of hydrogen-bond donors (Lipinski definition) is 2. The number of phenols is 1. The van der Waals surface area contributed by atoms with Crippen LogP contribution in [0.4, 0.5) is 5.69 Å². The maximum atomic E-state index is 12.6. The molecule has 1 aliphatic rings. The Morgan fingerprint density at radius 2 is 2.16 bits per heavy atom. The number of thiophene rings is 1. The fourth-order valence-electron chi connectivity index (χ4n) is 3.03. The molecule has 5 nitrogen and oxygen atoms in total. The van der Waals surface area contributed by atoms with Crippen LogP contribution in [0.2, 0.25) is 0 Å². The zero-order valence-electron chi connectivity index (χ0n) is 14.2. The third-order valence-corrected chi connectivity index (χ3v) is 7.39. The number of carbonyl (C=O) groups excluding carboxylic acids is 1. The third-order valence-electron chi connectivity index (χ3n) is 4.60. The zero-order valence-corrected chi connectivity index (χ0v) is 15.8. The fourth-order valence-corrected chi connectivity index (χ4v) is 5.18. The number of amides is 1. The van der Waals surface area contributed by atoms with Crippen LogP contribution in [0.15, 0.2) is 28.5 Å². The first kappa shape index (κ1) is 17.9. The van der Waals surface area contributed by atoms with Gasteiger partial charge in [0, 0.05) is 10.3 Å². The van der Waals surface area contributed by atoms with Crippen LogP contribution in [0, 0.1) is 5.92 Å². The second-order valence-electron chi connectivity index (χ2n) is 6.44. The Labute approximate surface area is 151 Å². The lowest BCUT2D eigenvalue weighted by molar-refractivity contribution is 0.102. The van der Waals surface area contributed by atoms with Gasteiger partial charge in [-0.15, -0.1) is 11.3 Å². The van der Waals surface area contributed by atoms with Gasteiger partial charge >= 0.3 is 0 Å². The molecule has 0 radical (unpaired) electrons. The highest BCUT2D eigenvalue weighted by molar-refractivity contribution is 7.91. The SMILES string of the molecule is CCS(=O)(=O)c1ccc(O)c(NC(=O)c2csc3c2CCC(C)C3)c1. The van der Waals surface area contributed by atoms with E-state index >= 15 is 0 Å². The highest BCUT2D eigenvalue weighted by Crippen LogP contribution is 2.34. The second kappa shape index (κ2) is 6.80. The van der Waals surface area contributed by atoms with E-state index in [1.54, 1.807) is 18.3 Å². The summed E-state index contributed by atoms with van der Waals surface area (Å²) >= 11 is 1.59. The molecule has 1 aromatic heterocycles. The van der Waals surface area contributed by atoms with Crippen molar-refractivity contribution in [2.24, 2.45) is 5.92 Å². The van der Waals surface area contributed by atoms with E-state index in [1.165, 1.54) is 23.1 Å². The lowest BCUT2D eigenvalue weighted by atomic mass is 9.88. The first-order chi connectivity index (χ1) is 11.8. The fraction of sp³-hybridized carbons (Fsp3) is 0.389. The number of aromatic hydroxyl groups is 1. The lowest BCUT2D eigenvalue weighted by Crippen LogP contribution is -2.17. The number of carbonyl (C=O) groups is 1. The highest BCUT2D eigenvalue weighted by atomic mass is 32.2. The van der Waals surface area contributed by atoms with E-state index in [0.29, 0.717) is 11.5 Å². The Hall–Kier alpha value is -1.86. The van der Waals surface area contributed by atoms with E-state index in [0.717, 1.165) is 24.8 Å². The van der Waals surface area contributed by atoms with Crippen LogP contribution in [0.5, 0.6) is 5.75 Å². The van der Waals surface area contributed by atoms with Crippen molar-refractivity contribution in [3.05, 3.63) is 39.6 Å². The van der Waals surface area contributed by atoms with E-state index in [2.05, 4.69) is 12.2 Å². The Balaban J connectivity index is 1.88. The van der Waals surface area contributed by atoms with E-state index in [4.69, 9.17) is 0 Å². The minimum absolute atomic E-state index is 0.0403. The Morgan fingerprint density at radius 1 is 1.40 bits per heavy atom. The van der Waals surface area contributed by atoms with E-state index in [-0.39, 0.29) is 28.0 Å². The number of fused-ring (bicyclic) bond motifs is 1. The van der Waals surface area contributed by atoms with Crippen molar-refractivity contribution in [2.75, 3.05) is 11.1 Å². The van der Waals surface area contributed by atoms with Gasteiger partial charge in [-0.05, 0) is 48.9 Å². The monoisotopic (exact) mass is 379 g/mol. The van der Waals surface area contributed by atoms with Crippen molar-refractivity contribution in [3.63, 3.8) is 0 Å². The van der Waals surface area contributed by atoms with Gasteiger partial charge in [0.15, 0.2) is 9.84 Å². The van der Waals surface area contributed by atoms with E-state index in [9.17, 15) is 18.3 Å². The second-order valence-corrected chi connectivity index (χ2v) is 9.68. The predicted octanol–water partition coefficient (Wildman–Crippen LogP) is 3.62. The number of sulfone groups is 1. The van der Waals surface area contributed by atoms with Crippen LogP contribution >= 0.6 is 11.3 Å². The van der Waals surface area contributed by atoms with Crippen LogP contribution in [-0.2, 0) is 22.7 Å². The van der Waals surface area contributed by atoms with Gasteiger partial charge in [-0.3, -0.25) is 4.79 Å². The quantitative estimate of drug-likeness (QED) is 0.795.